The molecule has 0 unspecified atom stereocenters. The van der Waals surface area contributed by atoms with Crippen LogP contribution in [-0.4, -0.2) is 0 Å². The van der Waals surface area contributed by atoms with Gasteiger partial charge in [-0.3, -0.25) is 0 Å². The number of nitrogens with zero attached hydrogens (tertiary/aromatic N) is 1. The summed E-state index contributed by atoms with van der Waals surface area (Å²) in [4.78, 5) is 0. The highest BCUT2D eigenvalue weighted by Gasteiger charge is 2.10. The number of hydrogen-bond donors (Lipinski definition) is 1. The average Bonchev–Trinajstić information content (AvgIpc) is 2.78. The number of benzene rings is 2. The minimum Gasteiger partial charge on any atom is -0.309 e. The first-order valence-electron chi connectivity index (χ1n) is 6.07. The van der Waals surface area contributed by atoms with Crippen LogP contribution in [0.2, 0.25) is 1.41 Å². The fraction of sp³-hybridized carbons (Fsp3) is 0.133. The summed E-state index contributed by atoms with van der Waals surface area (Å²) < 4.78 is 7.64. The fourth-order valence-electron chi connectivity index (χ4n) is 2.14. The molecule has 17 heavy (non-hydrogen) atoms. The van der Waals surface area contributed by atoms with Crippen molar-refractivity contribution in [2.75, 3.05) is 0 Å². The van der Waals surface area contributed by atoms with Gasteiger partial charge in [0.15, 0.2) is 0 Å². The molecule has 0 spiro atoms. The molecule has 2 aromatic rings. The van der Waals surface area contributed by atoms with Crippen molar-refractivity contribution in [3.63, 3.8) is 0 Å². The Balaban J connectivity index is 1.98. The summed E-state index contributed by atoms with van der Waals surface area (Å²) in [6.07, 6.45) is 0. The fourth-order valence-corrected chi connectivity index (χ4v) is 2.14. The molecule has 0 saturated heterocycles. The van der Waals surface area contributed by atoms with E-state index < -0.39 is 0 Å². The van der Waals surface area contributed by atoms with E-state index in [1.54, 1.807) is 5.31 Å². The molecule has 0 bridgehead atoms. The molecule has 1 N–H and O–H groups in total. The first-order chi connectivity index (χ1) is 8.76. The molecule has 0 aromatic heterocycles. The van der Waals surface area contributed by atoms with Gasteiger partial charge >= 0.3 is 0 Å². The Bertz CT molecular complexity index is 626. The molecule has 0 amide bonds. The highest BCUT2D eigenvalue weighted by molar-refractivity contribution is 5.66. The van der Waals surface area contributed by atoms with Gasteiger partial charge in [-0.2, -0.15) is 5.26 Å². The van der Waals surface area contributed by atoms with Gasteiger partial charge in [0.25, 0.3) is 0 Å². The Morgan fingerprint density at radius 1 is 1.00 bits per heavy atom. The van der Waals surface area contributed by atoms with Crippen LogP contribution in [0, 0.1) is 11.3 Å². The Labute approximate surface area is 102 Å². The van der Waals surface area contributed by atoms with E-state index in [1.165, 1.54) is 11.1 Å². The van der Waals surface area contributed by atoms with E-state index in [0.29, 0.717) is 18.7 Å². The summed E-state index contributed by atoms with van der Waals surface area (Å²) in [7, 11) is 0. The lowest BCUT2D eigenvalue weighted by atomic mass is 10.00. The normalized spacial score (nSPS) is 15.1. The molecule has 2 nitrogen and oxygen atoms in total. The van der Waals surface area contributed by atoms with E-state index >= 15 is 0 Å². The lowest BCUT2D eigenvalue weighted by Gasteiger charge is -2.04. The number of rotatable bonds is 1. The standard InChI is InChI=1S/C15H12N2/c16-8-11-1-3-12(4-2-11)13-5-6-14-9-17-10-15(14)7-13/h1-7,17H,9-10H2/i/hD. The Hall–Kier alpha value is -2.11. The van der Waals surface area contributed by atoms with Gasteiger partial charge in [-0.05, 0) is 40.5 Å². The smallest absolute Gasteiger partial charge is 0.123 e. The predicted molar refractivity (Wildman–Crippen MR) is 67.1 cm³/mol. The maximum absolute atomic E-state index is 8.78. The second kappa shape index (κ2) is 4.04. The van der Waals surface area contributed by atoms with Crippen molar-refractivity contribution < 1.29 is 1.41 Å². The summed E-state index contributed by atoms with van der Waals surface area (Å²) in [5.41, 5.74) is 5.40. The molecule has 0 radical (unpaired) electrons. The molecule has 3 rings (SSSR count). The maximum atomic E-state index is 8.78. The van der Waals surface area contributed by atoms with Gasteiger partial charge in [-0.1, -0.05) is 24.3 Å². The van der Waals surface area contributed by atoms with E-state index in [2.05, 4.69) is 24.3 Å². The van der Waals surface area contributed by atoms with Crippen molar-refractivity contribution in [2.45, 2.75) is 13.1 Å². The number of hydrogen-bond acceptors (Lipinski definition) is 2. The summed E-state index contributed by atoms with van der Waals surface area (Å²) in [5.74, 6) is 0. The van der Waals surface area contributed by atoms with Crippen LogP contribution >= 0.6 is 0 Å². The third kappa shape index (κ3) is 1.82. The van der Waals surface area contributed by atoms with Gasteiger partial charge in [0, 0.05) is 13.1 Å². The van der Waals surface area contributed by atoms with Crippen LogP contribution in [0.25, 0.3) is 11.1 Å². The molecule has 1 aliphatic heterocycles. The second-order valence-corrected chi connectivity index (χ2v) is 4.21. The summed E-state index contributed by atoms with van der Waals surface area (Å²) in [5, 5.41) is 10.3. The number of nitriles is 1. The first kappa shape index (κ1) is 8.98. The minimum atomic E-state index is 0.678. The van der Waals surface area contributed by atoms with Crippen molar-refractivity contribution in [3.05, 3.63) is 59.2 Å². The average molecular weight is 221 g/mol. The van der Waals surface area contributed by atoms with Gasteiger partial charge in [0.05, 0.1) is 11.6 Å². The lowest BCUT2D eigenvalue weighted by Crippen LogP contribution is -1.99. The Morgan fingerprint density at radius 3 is 2.47 bits per heavy atom. The summed E-state index contributed by atoms with van der Waals surface area (Å²) in [6, 6.07) is 16.0. The lowest BCUT2D eigenvalue weighted by molar-refractivity contribution is 0.765. The molecule has 2 aromatic carbocycles. The van der Waals surface area contributed by atoms with Crippen molar-refractivity contribution in [1.29, 1.82) is 5.26 Å². The van der Waals surface area contributed by atoms with Crippen LogP contribution in [0.3, 0.4) is 0 Å². The number of fused-ring (bicyclic) bond motifs is 1. The van der Waals surface area contributed by atoms with E-state index in [4.69, 9.17) is 6.67 Å². The molecule has 0 saturated carbocycles. The van der Waals surface area contributed by atoms with Gasteiger partial charge < -0.3 is 5.31 Å². The quantitative estimate of drug-likeness (QED) is 0.803. The zero-order valence-electron chi connectivity index (χ0n) is 10.4. The van der Waals surface area contributed by atoms with Crippen molar-refractivity contribution in [2.24, 2.45) is 0 Å². The molecular formula is C15H12N2. The van der Waals surface area contributed by atoms with E-state index in [0.717, 1.165) is 11.1 Å². The topological polar surface area (TPSA) is 35.8 Å². The molecule has 0 fully saturated rings. The first-order valence-corrected chi connectivity index (χ1v) is 5.62. The Kier molecular flexibility index (Phi) is 2.14. The van der Waals surface area contributed by atoms with Crippen molar-refractivity contribution in [1.82, 2.24) is 5.31 Å². The van der Waals surface area contributed by atoms with Crippen molar-refractivity contribution >= 4 is 0 Å². The molecule has 1 aliphatic rings. The van der Waals surface area contributed by atoms with E-state index in [9.17, 15) is 0 Å². The monoisotopic (exact) mass is 221 g/mol. The molecule has 2 heteroatoms. The van der Waals surface area contributed by atoms with Crippen LogP contribution < -0.4 is 5.31 Å². The summed E-state index contributed by atoms with van der Waals surface area (Å²) >= 11 is 0. The van der Waals surface area contributed by atoms with Crippen LogP contribution in [-0.2, 0) is 13.1 Å². The predicted octanol–water partition coefficient (Wildman–Crippen LogP) is 2.83. The highest BCUT2D eigenvalue weighted by Crippen LogP contribution is 2.25. The van der Waals surface area contributed by atoms with Gasteiger partial charge in [0.1, 0.15) is 1.41 Å². The van der Waals surface area contributed by atoms with Crippen LogP contribution in [0.15, 0.2) is 42.5 Å². The van der Waals surface area contributed by atoms with E-state index in [1.807, 2.05) is 24.3 Å². The molecule has 1 heterocycles. The van der Waals surface area contributed by atoms with Crippen molar-refractivity contribution in [3.8, 4) is 17.2 Å². The molecule has 82 valence electrons. The zero-order valence-corrected chi connectivity index (χ0v) is 9.35. The largest absolute Gasteiger partial charge is 0.309 e. The van der Waals surface area contributed by atoms with Gasteiger partial charge in [-0.25, -0.2) is 0 Å². The summed E-state index contributed by atoms with van der Waals surface area (Å²) in [6.45, 7) is 1.41. The molecule has 0 atom stereocenters. The third-order valence-corrected chi connectivity index (χ3v) is 3.12. The minimum absolute atomic E-state index is 0.678. The van der Waals surface area contributed by atoms with Crippen LogP contribution in [0.1, 0.15) is 16.7 Å². The van der Waals surface area contributed by atoms with Gasteiger partial charge in [-0.15, -0.1) is 0 Å². The van der Waals surface area contributed by atoms with Crippen LogP contribution in [0.5, 0.6) is 0 Å². The molecular weight excluding hydrogens is 208 g/mol. The Morgan fingerprint density at radius 2 is 1.71 bits per heavy atom. The molecule has 0 aliphatic carbocycles. The third-order valence-electron chi connectivity index (χ3n) is 3.12. The SMILES string of the molecule is [2H]N1Cc2ccc(-c3ccc(C#N)cc3)cc2C1. The maximum Gasteiger partial charge on any atom is 0.123 e. The van der Waals surface area contributed by atoms with E-state index in [-0.39, 0.29) is 0 Å². The van der Waals surface area contributed by atoms with Crippen LogP contribution in [0.4, 0.5) is 0 Å². The van der Waals surface area contributed by atoms with Gasteiger partial charge in [0.2, 0.25) is 0 Å². The number of nitrogens with one attached hydrogen (secondary N) is 1. The highest BCUT2D eigenvalue weighted by atomic mass is 14.9. The zero-order chi connectivity index (χ0) is 12.5. The second-order valence-electron chi connectivity index (χ2n) is 4.21.